The SMILES string of the molecule is COc1cc(-c2ccc(-c3ccc(N(C)[C@H]4C[C@]5(C)CC[C@](C)(C4)C5)nn3)c(O)c2)ncn1. The summed E-state index contributed by atoms with van der Waals surface area (Å²) in [7, 11) is 3.69. The second-order valence-corrected chi connectivity index (χ2v) is 10.4. The Morgan fingerprint density at radius 3 is 2.36 bits per heavy atom. The largest absolute Gasteiger partial charge is 0.507 e. The van der Waals surface area contributed by atoms with Gasteiger partial charge in [-0.15, -0.1) is 10.2 Å². The number of phenolic OH excluding ortho intramolecular Hbond substituents is 1. The summed E-state index contributed by atoms with van der Waals surface area (Å²) in [6, 6.07) is 11.6. The molecule has 0 aliphatic heterocycles. The van der Waals surface area contributed by atoms with Crippen LogP contribution in [0.25, 0.3) is 22.5 Å². The number of hydrogen-bond donors (Lipinski definition) is 1. The van der Waals surface area contributed by atoms with Crippen molar-refractivity contribution in [2.24, 2.45) is 10.8 Å². The molecule has 7 heteroatoms. The van der Waals surface area contributed by atoms with Gasteiger partial charge >= 0.3 is 0 Å². The molecule has 2 saturated carbocycles. The van der Waals surface area contributed by atoms with Gasteiger partial charge in [-0.2, -0.15) is 0 Å². The summed E-state index contributed by atoms with van der Waals surface area (Å²) < 4.78 is 5.16. The smallest absolute Gasteiger partial charge is 0.216 e. The lowest BCUT2D eigenvalue weighted by atomic mass is 9.68. The van der Waals surface area contributed by atoms with Gasteiger partial charge in [-0.1, -0.05) is 19.9 Å². The lowest BCUT2D eigenvalue weighted by Gasteiger charge is -2.44. The van der Waals surface area contributed by atoms with Crippen molar-refractivity contribution in [3.8, 4) is 34.1 Å². The van der Waals surface area contributed by atoms with Crippen molar-refractivity contribution in [3.63, 3.8) is 0 Å². The van der Waals surface area contributed by atoms with Crippen LogP contribution in [0.1, 0.15) is 46.0 Å². The topological polar surface area (TPSA) is 84.3 Å². The highest BCUT2D eigenvalue weighted by molar-refractivity contribution is 5.73. The Morgan fingerprint density at radius 2 is 1.73 bits per heavy atom. The average molecular weight is 446 g/mol. The van der Waals surface area contributed by atoms with E-state index in [1.165, 1.54) is 38.4 Å². The third kappa shape index (κ3) is 4.12. The number of ether oxygens (including phenoxy) is 1. The maximum atomic E-state index is 10.7. The lowest BCUT2D eigenvalue weighted by Crippen LogP contribution is -2.42. The Bertz CT molecular complexity index is 1150. The molecule has 0 unspecified atom stereocenters. The third-order valence-corrected chi connectivity index (χ3v) is 7.62. The molecule has 2 fully saturated rings. The molecule has 2 heterocycles. The van der Waals surface area contributed by atoms with Crippen molar-refractivity contribution in [2.45, 2.75) is 52.0 Å². The van der Waals surface area contributed by atoms with Gasteiger partial charge in [0.2, 0.25) is 5.88 Å². The zero-order valence-electron chi connectivity index (χ0n) is 19.7. The normalized spacial score (nSPS) is 26.2. The molecule has 5 rings (SSSR count). The molecular formula is C26H31N5O2. The fourth-order valence-electron chi connectivity index (χ4n) is 6.00. The number of nitrogens with zero attached hydrogens (tertiary/aromatic N) is 5. The van der Waals surface area contributed by atoms with Crippen LogP contribution in [0, 0.1) is 10.8 Å². The molecule has 7 nitrogen and oxygen atoms in total. The second-order valence-electron chi connectivity index (χ2n) is 10.4. The van der Waals surface area contributed by atoms with Gasteiger partial charge in [-0.05, 0) is 67.2 Å². The Kier molecular flexibility index (Phi) is 5.22. The number of rotatable bonds is 5. The van der Waals surface area contributed by atoms with Gasteiger partial charge in [0.05, 0.1) is 18.5 Å². The number of aromatic hydroxyl groups is 1. The molecule has 3 aromatic rings. The molecule has 1 N–H and O–H groups in total. The van der Waals surface area contributed by atoms with Crippen LogP contribution in [-0.2, 0) is 0 Å². The molecule has 2 bridgehead atoms. The summed E-state index contributed by atoms with van der Waals surface area (Å²) in [5.74, 6) is 1.48. The molecule has 2 aliphatic carbocycles. The maximum absolute atomic E-state index is 10.7. The first kappa shape index (κ1) is 21.6. The molecule has 0 spiro atoms. The van der Waals surface area contributed by atoms with Crippen LogP contribution in [0.3, 0.4) is 0 Å². The van der Waals surface area contributed by atoms with E-state index in [-0.39, 0.29) is 5.75 Å². The van der Waals surface area contributed by atoms with Crippen LogP contribution in [0.2, 0.25) is 0 Å². The van der Waals surface area contributed by atoms with E-state index >= 15 is 0 Å². The first-order chi connectivity index (χ1) is 15.8. The zero-order valence-corrected chi connectivity index (χ0v) is 19.7. The molecule has 33 heavy (non-hydrogen) atoms. The predicted octanol–water partition coefficient (Wildman–Crippen LogP) is 5.11. The van der Waals surface area contributed by atoms with Gasteiger partial charge < -0.3 is 14.7 Å². The summed E-state index contributed by atoms with van der Waals surface area (Å²) in [5, 5.41) is 19.6. The molecule has 1 aromatic carbocycles. The van der Waals surface area contributed by atoms with E-state index in [1.54, 1.807) is 19.2 Å². The third-order valence-electron chi connectivity index (χ3n) is 7.62. The van der Waals surface area contributed by atoms with Gasteiger partial charge in [-0.25, -0.2) is 9.97 Å². The Morgan fingerprint density at radius 1 is 0.970 bits per heavy atom. The zero-order chi connectivity index (χ0) is 23.2. The molecule has 0 amide bonds. The minimum atomic E-state index is 0.130. The fourth-order valence-corrected chi connectivity index (χ4v) is 6.00. The van der Waals surface area contributed by atoms with E-state index in [1.807, 2.05) is 24.3 Å². The first-order valence-electron chi connectivity index (χ1n) is 11.5. The Labute approximate surface area is 194 Å². The molecular weight excluding hydrogens is 414 g/mol. The van der Waals surface area contributed by atoms with Crippen molar-refractivity contribution in [2.75, 3.05) is 19.1 Å². The number of methoxy groups -OCH3 is 1. The highest BCUT2D eigenvalue weighted by Crippen LogP contribution is 2.58. The molecule has 3 atom stereocenters. The number of hydrogen-bond acceptors (Lipinski definition) is 7. The average Bonchev–Trinajstić information content (AvgIpc) is 3.05. The van der Waals surface area contributed by atoms with Crippen LogP contribution in [-0.4, -0.2) is 45.5 Å². The molecule has 2 aliphatic rings. The van der Waals surface area contributed by atoms with Crippen LogP contribution in [0.5, 0.6) is 11.6 Å². The van der Waals surface area contributed by atoms with E-state index in [0.29, 0.717) is 39.7 Å². The molecule has 2 aromatic heterocycles. The summed E-state index contributed by atoms with van der Waals surface area (Å²) in [5.41, 5.74) is 3.61. The van der Waals surface area contributed by atoms with Gasteiger partial charge in [-0.3, -0.25) is 0 Å². The predicted molar refractivity (Wildman–Crippen MR) is 128 cm³/mol. The van der Waals surface area contributed by atoms with E-state index in [0.717, 1.165) is 11.4 Å². The van der Waals surface area contributed by atoms with Crippen molar-refractivity contribution < 1.29 is 9.84 Å². The van der Waals surface area contributed by atoms with Gasteiger partial charge in [0.15, 0.2) is 5.82 Å². The quantitative estimate of drug-likeness (QED) is 0.584. The van der Waals surface area contributed by atoms with E-state index < -0.39 is 0 Å². The minimum Gasteiger partial charge on any atom is -0.507 e. The van der Waals surface area contributed by atoms with E-state index in [9.17, 15) is 5.11 Å². The van der Waals surface area contributed by atoms with Gasteiger partial charge in [0.1, 0.15) is 12.1 Å². The Balaban J connectivity index is 1.35. The lowest BCUT2D eigenvalue weighted by molar-refractivity contribution is 0.148. The second kappa shape index (κ2) is 7.97. The number of phenols is 1. The summed E-state index contributed by atoms with van der Waals surface area (Å²) >= 11 is 0. The first-order valence-corrected chi connectivity index (χ1v) is 11.5. The van der Waals surface area contributed by atoms with E-state index in [4.69, 9.17) is 4.74 Å². The number of fused-ring (bicyclic) bond motifs is 2. The molecule has 0 saturated heterocycles. The highest BCUT2D eigenvalue weighted by Gasteiger charge is 2.49. The molecule has 0 radical (unpaired) electrons. The van der Waals surface area contributed by atoms with Crippen LogP contribution >= 0.6 is 0 Å². The fraction of sp³-hybridized carbons (Fsp3) is 0.462. The summed E-state index contributed by atoms with van der Waals surface area (Å²) in [6.07, 6.45) is 7.85. The maximum Gasteiger partial charge on any atom is 0.216 e. The van der Waals surface area contributed by atoms with Gasteiger partial charge in [0.25, 0.3) is 0 Å². The Hall–Kier alpha value is -3.22. The highest BCUT2D eigenvalue weighted by atomic mass is 16.5. The van der Waals surface area contributed by atoms with Crippen molar-refractivity contribution >= 4 is 5.82 Å². The number of benzene rings is 1. The van der Waals surface area contributed by atoms with Crippen molar-refractivity contribution in [1.82, 2.24) is 20.2 Å². The number of anilines is 1. The van der Waals surface area contributed by atoms with Gasteiger partial charge in [0, 0.05) is 30.3 Å². The van der Waals surface area contributed by atoms with Crippen molar-refractivity contribution in [3.05, 3.63) is 42.7 Å². The van der Waals surface area contributed by atoms with Crippen molar-refractivity contribution in [1.29, 1.82) is 0 Å². The van der Waals surface area contributed by atoms with Crippen LogP contribution in [0.15, 0.2) is 42.7 Å². The standard InChI is InChI=1S/C26H31N5O2/c1-25-9-10-26(2,15-25)14-18(13-25)31(3)23-8-7-20(29-30-23)19-6-5-17(11-22(19)32)21-12-24(33-4)28-16-27-21/h5-8,11-12,16,18,32H,9-10,13-15H2,1-4H3/t18-,25-,26+. The van der Waals surface area contributed by atoms with Crippen LogP contribution in [0.4, 0.5) is 5.82 Å². The minimum absolute atomic E-state index is 0.130. The van der Waals surface area contributed by atoms with E-state index in [2.05, 4.69) is 46.0 Å². The monoisotopic (exact) mass is 445 g/mol. The summed E-state index contributed by atoms with van der Waals surface area (Å²) in [6.45, 7) is 4.88. The molecule has 172 valence electrons. The summed E-state index contributed by atoms with van der Waals surface area (Å²) in [4.78, 5) is 10.6. The van der Waals surface area contributed by atoms with Crippen LogP contribution < -0.4 is 9.64 Å². The number of aromatic nitrogens is 4.